The molecule has 0 saturated carbocycles. The second-order valence-electron chi connectivity index (χ2n) is 8.07. The number of carbonyl (C=O) groups is 2. The number of hydrogen-bond acceptors (Lipinski definition) is 4. The van der Waals surface area contributed by atoms with Gasteiger partial charge in [-0.2, -0.15) is 13.2 Å². The lowest BCUT2D eigenvalue weighted by molar-refractivity contribution is -0.167. The number of alkyl halides is 3. The summed E-state index contributed by atoms with van der Waals surface area (Å²) in [7, 11) is 1.30. The number of methoxy groups -OCH3 is 1. The van der Waals surface area contributed by atoms with Crippen molar-refractivity contribution in [3.63, 3.8) is 0 Å². The molecule has 1 saturated heterocycles. The van der Waals surface area contributed by atoms with Crippen LogP contribution in [0.25, 0.3) is 0 Å². The summed E-state index contributed by atoms with van der Waals surface area (Å²) in [6.07, 6.45) is -3.48. The Bertz CT molecular complexity index is 1010. The van der Waals surface area contributed by atoms with Crippen molar-refractivity contribution in [3.8, 4) is 5.75 Å². The summed E-state index contributed by atoms with van der Waals surface area (Å²) >= 11 is 6.11. The van der Waals surface area contributed by atoms with Gasteiger partial charge in [-0.05, 0) is 31.4 Å². The molecular formula is C24H27ClF3N3O3. The summed E-state index contributed by atoms with van der Waals surface area (Å²) in [6, 6.07) is 12.6. The Morgan fingerprint density at radius 2 is 1.82 bits per heavy atom. The zero-order valence-corrected chi connectivity index (χ0v) is 19.7. The van der Waals surface area contributed by atoms with Crippen molar-refractivity contribution in [3.05, 3.63) is 58.6 Å². The van der Waals surface area contributed by atoms with Gasteiger partial charge in [-0.1, -0.05) is 41.9 Å². The van der Waals surface area contributed by atoms with E-state index in [-0.39, 0.29) is 34.0 Å². The number of amides is 2. The Kier molecular flexibility index (Phi) is 8.43. The van der Waals surface area contributed by atoms with Gasteiger partial charge >= 0.3 is 12.1 Å². The van der Waals surface area contributed by atoms with E-state index in [1.165, 1.54) is 18.7 Å². The van der Waals surface area contributed by atoms with Crippen molar-refractivity contribution in [2.45, 2.75) is 38.5 Å². The van der Waals surface area contributed by atoms with Gasteiger partial charge in [-0.3, -0.25) is 14.5 Å². The normalized spacial score (nSPS) is 15.1. The molecule has 0 aromatic heterocycles. The average molecular weight is 498 g/mol. The number of nitrogens with one attached hydrogen (secondary N) is 1. The first kappa shape index (κ1) is 25.8. The number of carbonyl (C=O) groups excluding carboxylic acids is 2. The minimum atomic E-state index is -5.07. The number of halogens is 4. The summed E-state index contributed by atoms with van der Waals surface area (Å²) in [6.45, 7) is 4.85. The number of hydrogen-bond donors (Lipinski definition) is 1. The predicted octanol–water partition coefficient (Wildman–Crippen LogP) is 4.98. The van der Waals surface area contributed by atoms with Crippen LogP contribution in [0.4, 0.5) is 18.9 Å². The first-order chi connectivity index (χ1) is 16.1. The summed E-state index contributed by atoms with van der Waals surface area (Å²) < 4.78 is 43.1. The van der Waals surface area contributed by atoms with E-state index in [4.69, 9.17) is 16.3 Å². The SMILES string of the molecule is CCN(C(=O)c1cc(Cl)c(NC(=O)C(F)(F)F)cc1OC)C1CCN(Cc2ccccc2)CC1. The lowest BCUT2D eigenvalue weighted by Crippen LogP contribution is -2.47. The maximum atomic E-state index is 13.4. The van der Waals surface area contributed by atoms with Crippen LogP contribution in [0.1, 0.15) is 35.7 Å². The van der Waals surface area contributed by atoms with Crippen LogP contribution in [0.2, 0.25) is 5.02 Å². The molecule has 0 bridgehead atoms. The number of rotatable bonds is 7. The standard InChI is InChI=1S/C24H27ClF3N3O3/c1-3-31(17-9-11-30(12-10-17)15-16-7-5-4-6-8-16)22(32)18-13-19(25)20(14-21(18)34-2)29-23(33)24(26,27)28/h4-8,13-14,17H,3,9-12,15H2,1-2H3,(H,29,33). The molecule has 10 heteroatoms. The number of piperidine rings is 1. The smallest absolute Gasteiger partial charge is 0.471 e. The zero-order valence-electron chi connectivity index (χ0n) is 19.0. The molecule has 2 aromatic carbocycles. The van der Waals surface area contributed by atoms with Crippen molar-refractivity contribution in [2.24, 2.45) is 0 Å². The van der Waals surface area contributed by atoms with E-state index in [1.54, 1.807) is 10.2 Å². The van der Waals surface area contributed by atoms with Crippen LogP contribution in [-0.4, -0.2) is 60.6 Å². The van der Waals surface area contributed by atoms with Crippen LogP contribution in [0.3, 0.4) is 0 Å². The van der Waals surface area contributed by atoms with E-state index < -0.39 is 12.1 Å². The van der Waals surface area contributed by atoms with Crippen LogP contribution < -0.4 is 10.1 Å². The molecular weight excluding hydrogens is 471 g/mol. The maximum Gasteiger partial charge on any atom is 0.471 e. The number of anilines is 1. The van der Waals surface area contributed by atoms with Crippen LogP contribution in [-0.2, 0) is 11.3 Å². The molecule has 34 heavy (non-hydrogen) atoms. The summed E-state index contributed by atoms with van der Waals surface area (Å²) in [5.41, 5.74) is 1.09. The number of nitrogens with zero attached hydrogens (tertiary/aromatic N) is 2. The lowest BCUT2D eigenvalue weighted by atomic mass is 10.0. The molecule has 1 aliphatic heterocycles. The fourth-order valence-electron chi connectivity index (χ4n) is 4.13. The first-order valence-corrected chi connectivity index (χ1v) is 11.3. The molecule has 3 rings (SSSR count). The highest BCUT2D eigenvalue weighted by Gasteiger charge is 2.39. The lowest BCUT2D eigenvalue weighted by Gasteiger charge is -2.38. The molecule has 2 aromatic rings. The Labute approximate surface area is 201 Å². The molecule has 1 fully saturated rings. The quantitative estimate of drug-likeness (QED) is 0.586. The molecule has 2 amide bonds. The number of ether oxygens (including phenoxy) is 1. The molecule has 0 unspecified atom stereocenters. The van der Waals surface area contributed by atoms with Crippen molar-refractivity contribution >= 4 is 29.1 Å². The molecule has 1 aliphatic rings. The van der Waals surface area contributed by atoms with Crippen LogP contribution >= 0.6 is 11.6 Å². The third-order valence-electron chi connectivity index (χ3n) is 5.87. The molecule has 0 aliphatic carbocycles. The largest absolute Gasteiger partial charge is 0.496 e. The van der Waals surface area contributed by atoms with Crippen LogP contribution in [0.15, 0.2) is 42.5 Å². The summed E-state index contributed by atoms with van der Waals surface area (Å²) in [5, 5.41) is 1.53. The second-order valence-corrected chi connectivity index (χ2v) is 8.48. The first-order valence-electron chi connectivity index (χ1n) is 11.0. The highest BCUT2D eigenvalue weighted by molar-refractivity contribution is 6.34. The minimum Gasteiger partial charge on any atom is -0.496 e. The van der Waals surface area contributed by atoms with Gasteiger partial charge in [-0.25, -0.2) is 0 Å². The predicted molar refractivity (Wildman–Crippen MR) is 124 cm³/mol. The Balaban J connectivity index is 1.72. The highest BCUT2D eigenvalue weighted by Crippen LogP contribution is 2.34. The monoisotopic (exact) mass is 497 g/mol. The van der Waals surface area contributed by atoms with Crippen LogP contribution in [0, 0.1) is 0 Å². The van der Waals surface area contributed by atoms with Crippen molar-refractivity contribution in [1.29, 1.82) is 0 Å². The second kappa shape index (κ2) is 11.1. The van der Waals surface area contributed by atoms with E-state index in [0.717, 1.165) is 38.5 Å². The van der Waals surface area contributed by atoms with Gasteiger partial charge < -0.3 is 15.0 Å². The third-order valence-corrected chi connectivity index (χ3v) is 6.19. The minimum absolute atomic E-state index is 0.0117. The Morgan fingerprint density at radius 3 is 2.38 bits per heavy atom. The fourth-order valence-corrected chi connectivity index (χ4v) is 4.34. The van der Waals surface area contributed by atoms with Gasteiger partial charge in [0.15, 0.2) is 0 Å². The average Bonchev–Trinajstić information content (AvgIpc) is 2.81. The molecule has 1 N–H and O–H groups in total. The van der Waals surface area contributed by atoms with Crippen molar-refractivity contribution in [1.82, 2.24) is 9.80 Å². The van der Waals surface area contributed by atoms with Crippen LogP contribution in [0.5, 0.6) is 5.75 Å². The third kappa shape index (κ3) is 6.21. The van der Waals surface area contributed by atoms with Gasteiger partial charge in [0.05, 0.1) is 23.4 Å². The molecule has 6 nitrogen and oxygen atoms in total. The van der Waals surface area contributed by atoms with Crippen molar-refractivity contribution < 1.29 is 27.5 Å². The molecule has 184 valence electrons. The van der Waals surface area contributed by atoms with E-state index in [1.807, 2.05) is 25.1 Å². The topological polar surface area (TPSA) is 61.9 Å². The number of benzene rings is 2. The summed E-state index contributed by atoms with van der Waals surface area (Å²) in [4.78, 5) is 28.8. The van der Waals surface area contributed by atoms with Gasteiger partial charge in [0, 0.05) is 38.3 Å². The molecule has 0 radical (unpaired) electrons. The van der Waals surface area contributed by atoms with E-state index in [2.05, 4.69) is 17.0 Å². The number of likely N-dealkylation sites (tertiary alicyclic amines) is 1. The van der Waals surface area contributed by atoms with Gasteiger partial charge in [0.2, 0.25) is 0 Å². The van der Waals surface area contributed by atoms with Crippen molar-refractivity contribution in [2.75, 3.05) is 32.1 Å². The van der Waals surface area contributed by atoms with Gasteiger partial charge in [-0.15, -0.1) is 0 Å². The van der Waals surface area contributed by atoms with Gasteiger partial charge in [0.25, 0.3) is 5.91 Å². The molecule has 0 atom stereocenters. The maximum absolute atomic E-state index is 13.4. The zero-order chi connectivity index (χ0) is 24.9. The van der Waals surface area contributed by atoms with Gasteiger partial charge in [0.1, 0.15) is 5.75 Å². The molecule has 0 spiro atoms. The Morgan fingerprint density at radius 1 is 1.18 bits per heavy atom. The van der Waals surface area contributed by atoms with E-state index in [0.29, 0.717) is 6.54 Å². The molecule has 1 heterocycles. The highest BCUT2D eigenvalue weighted by atomic mass is 35.5. The summed E-state index contributed by atoms with van der Waals surface area (Å²) in [5.74, 6) is -2.45. The fraction of sp³-hybridized carbons (Fsp3) is 0.417. The van der Waals surface area contributed by atoms with E-state index in [9.17, 15) is 22.8 Å². The van der Waals surface area contributed by atoms with E-state index >= 15 is 0 Å². The Hall–Kier alpha value is -2.78.